The molecular weight excluding hydrogens is 178 g/mol. The average Bonchev–Trinajstić information content (AvgIpc) is 1.93. The predicted octanol–water partition coefficient (Wildman–Crippen LogP) is -0.546. The Morgan fingerprint density at radius 2 is 2.25 bits per heavy atom. The van der Waals surface area contributed by atoms with E-state index in [4.69, 9.17) is 0 Å². The number of pyridine rings is 1. The van der Waals surface area contributed by atoms with Crippen LogP contribution in [-0.2, 0) is 11.3 Å². The lowest BCUT2D eigenvalue weighted by Gasteiger charge is -1.99. The summed E-state index contributed by atoms with van der Waals surface area (Å²) >= 11 is 0. The highest BCUT2D eigenvalue weighted by Crippen LogP contribution is 1.86. The average molecular weight is 188 g/mol. The minimum atomic E-state index is -1.07. The summed E-state index contributed by atoms with van der Waals surface area (Å²) in [4.78, 5) is 10.2. The second-order valence-electron chi connectivity index (χ2n) is 2.34. The van der Waals surface area contributed by atoms with Gasteiger partial charge in [0.1, 0.15) is 5.97 Å². The van der Waals surface area contributed by atoms with Crippen molar-refractivity contribution in [1.29, 1.82) is 0 Å². The van der Waals surface area contributed by atoms with Crippen molar-refractivity contribution in [2.45, 2.75) is 13.5 Å². The molecule has 0 aromatic carbocycles. The second kappa shape index (κ2) is 4.72. The van der Waals surface area contributed by atoms with E-state index in [1.807, 2.05) is 19.1 Å². The highest BCUT2D eigenvalue weighted by Gasteiger charge is 2.02. The van der Waals surface area contributed by atoms with Gasteiger partial charge in [-0.15, -0.1) is 12.4 Å². The lowest BCUT2D eigenvalue weighted by molar-refractivity contribution is -0.696. The Bertz CT molecular complexity index is 276. The van der Waals surface area contributed by atoms with Gasteiger partial charge in [-0.25, -0.2) is 0 Å². The molecule has 0 bridgehead atoms. The van der Waals surface area contributed by atoms with Crippen LogP contribution in [0.1, 0.15) is 5.69 Å². The van der Waals surface area contributed by atoms with Crippen LogP contribution >= 0.6 is 12.4 Å². The zero-order valence-corrected chi connectivity index (χ0v) is 7.50. The number of carbonyl (C=O) groups excluding carboxylic acids is 1. The molecule has 12 heavy (non-hydrogen) atoms. The third-order valence-electron chi connectivity index (χ3n) is 1.47. The van der Waals surface area contributed by atoms with Gasteiger partial charge < -0.3 is 9.90 Å². The molecule has 0 aliphatic rings. The molecule has 0 aliphatic carbocycles. The summed E-state index contributed by atoms with van der Waals surface area (Å²) in [6.07, 6.45) is 1.71. The van der Waals surface area contributed by atoms with Crippen LogP contribution in [0.2, 0.25) is 0 Å². The molecule has 1 rings (SSSR count). The lowest BCUT2D eigenvalue weighted by atomic mass is 10.3. The first-order valence-corrected chi connectivity index (χ1v) is 3.35. The Morgan fingerprint density at radius 1 is 1.58 bits per heavy atom. The standard InChI is InChI=1S/C8H9NO2.ClH/c1-7-4-2-3-5-9(7)6-8(10)11;/h2-5H,6H2,1H3;1H. The van der Waals surface area contributed by atoms with Crippen molar-refractivity contribution < 1.29 is 14.5 Å². The van der Waals surface area contributed by atoms with Gasteiger partial charge in [0.15, 0.2) is 18.4 Å². The van der Waals surface area contributed by atoms with Gasteiger partial charge in [0.2, 0.25) is 0 Å². The summed E-state index contributed by atoms with van der Waals surface area (Å²) in [7, 11) is 0. The Kier molecular flexibility index (Phi) is 4.29. The zero-order chi connectivity index (χ0) is 8.27. The van der Waals surface area contributed by atoms with Crippen molar-refractivity contribution in [1.82, 2.24) is 0 Å². The first-order valence-electron chi connectivity index (χ1n) is 3.35. The molecule has 4 heteroatoms. The maximum atomic E-state index is 10.2. The molecule has 1 heterocycles. The smallest absolute Gasteiger partial charge is 0.188 e. The summed E-state index contributed by atoms with van der Waals surface area (Å²) in [5, 5.41) is 10.2. The van der Waals surface area contributed by atoms with E-state index < -0.39 is 5.97 Å². The van der Waals surface area contributed by atoms with Gasteiger partial charge in [0, 0.05) is 19.1 Å². The molecule has 66 valence electrons. The van der Waals surface area contributed by atoms with E-state index in [0.717, 1.165) is 5.69 Å². The van der Waals surface area contributed by atoms with Crippen LogP contribution in [0, 0.1) is 6.92 Å². The Hall–Kier alpha value is -1.09. The molecule has 3 nitrogen and oxygen atoms in total. The monoisotopic (exact) mass is 187 g/mol. The molecule has 0 atom stereocenters. The third-order valence-corrected chi connectivity index (χ3v) is 1.47. The van der Waals surface area contributed by atoms with E-state index >= 15 is 0 Å². The molecule has 0 spiro atoms. The summed E-state index contributed by atoms with van der Waals surface area (Å²) in [5.41, 5.74) is 0.914. The number of halogens is 1. The molecule has 0 aliphatic heterocycles. The highest BCUT2D eigenvalue weighted by molar-refractivity contribution is 5.85. The summed E-state index contributed by atoms with van der Waals surface area (Å²) in [6.45, 7) is 1.77. The fourth-order valence-corrected chi connectivity index (χ4v) is 0.878. The number of hydrogen-bond donors (Lipinski definition) is 0. The van der Waals surface area contributed by atoms with Gasteiger partial charge in [-0.05, 0) is 0 Å². The molecule has 0 N–H and O–H groups in total. The van der Waals surface area contributed by atoms with Crippen LogP contribution in [0.25, 0.3) is 0 Å². The lowest BCUT2D eigenvalue weighted by Crippen LogP contribution is -2.45. The van der Waals surface area contributed by atoms with Crippen LogP contribution in [0.3, 0.4) is 0 Å². The molecule has 1 aromatic heterocycles. The van der Waals surface area contributed by atoms with E-state index in [2.05, 4.69) is 0 Å². The van der Waals surface area contributed by atoms with Crippen molar-refractivity contribution in [3.8, 4) is 0 Å². The second-order valence-corrected chi connectivity index (χ2v) is 2.34. The fourth-order valence-electron chi connectivity index (χ4n) is 0.878. The molecule has 0 unspecified atom stereocenters. The van der Waals surface area contributed by atoms with Crippen molar-refractivity contribution in [3.63, 3.8) is 0 Å². The van der Waals surface area contributed by atoms with Gasteiger partial charge in [-0.2, -0.15) is 4.57 Å². The molecule has 0 saturated carbocycles. The highest BCUT2D eigenvalue weighted by atomic mass is 35.5. The Balaban J connectivity index is 0.00000121. The number of carbonyl (C=O) groups is 1. The van der Waals surface area contributed by atoms with Crippen LogP contribution in [-0.4, -0.2) is 5.97 Å². The normalized spacial score (nSPS) is 8.75. The van der Waals surface area contributed by atoms with Crippen LogP contribution in [0.4, 0.5) is 0 Å². The van der Waals surface area contributed by atoms with Crippen molar-refractivity contribution in [2.75, 3.05) is 0 Å². The zero-order valence-electron chi connectivity index (χ0n) is 6.69. The van der Waals surface area contributed by atoms with Gasteiger partial charge in [-0.3, -0.25) is 0 Å². The van der Waals surface area contributed by atoms with Gasteiger partial charge in [-0.1, -0.05) is 6.07 Å². The van der Waals surface area contributed by atoms with E-state index in [0.29, 0.717) is 0 Å². The van der Waals surface area contributed by atoms with Crippen molar-refractivity contribution >= 4 is 18.4 Å². The van der Waals surface area contributed by atoms with Gasteiger partial charge >= 0.3 is 0 Å². The van der Waals surface area contributed by atoms with E-state index in [1.54, 1.807) is 16.8 Å². The van der Waals surface area contributed by atoms with Gasteiger partial charge in [0.05, 0.1) is 0 Å². The molecule has 0 fully saturated rings. The van der Waals surface area contributed by atoms with Gasteiger partial charge in [0.25, 0.3) is 0 Å². The van der Waals surface area contributed by atoms with E-state index in [9.17, 15) is 9.90 Å². The molecular formula is C8H10ClNO2. The van der Waals surface area contributed by atoms with Crippen LogP contribution in [0.5, 0.6) is 0 Å². The quantitative estimate of drug-likeness (QED) is 0.584. The third kappa shape index (κ3) is 2.88. The van der Waals surface area contributed by atoms with Crippen molar-refractivity contribution in [3.05, 3.63) is 30.1 Å². The number of carboxylic acids is 1. The maximum Gasteiger partial charge on any atom is 0.188 e. The first kappa shape index (κ1) is 10.9. The number of rotatable bonds is 2. The summed E-state index contributed by atoms with van der Waals surface area (Å²) < 4.78 is 1.62. The Labute approximate surface area is 77.1 Å². The van der Waals surface area contributed by atoms with Crippen LogP contribution in [0.15, 0.2) is 24.4 Å². The summed E-state index contributed by atoms with van der Waals surface area (Å²) in [6, 6.07) is 5.50. The Morgan fingerprint density at radius 3 is 2.75 bits per heavy atom. The number of nitrogens with zero attached hydrogens (tertiary/aromatic N) is 1. The number of hydrogen-bond acceptors (Lipinski definition) is 2. The maximum absolute atomic E-state index is 10.2. The molecule has 0 amide bonds. The van der Waals surface area contributed by atoms with E-state index in [-0.39, 0.29) is 19.0 Å². The topological polar surface area (TPSA) is 44.0 Å². The fraction of sp³-hybridized carbons (Fsp3) is 0.250. The minimum absolute atomic E-state index is 0. The number of aryl methyl sites for hydroxylation is 1. The first-order chi connectivity index (χ1) is 5.20. The number of aliphatic carboxylic acids is 1. The van der Waals surface area contributed by atoms with Crippen LogP contribution < -0.4 is 9.67 Å². The largest absolute Gasteiger partial charge is 0.544 e. The van der Waals surface area contributed by atoms with Crippen molar-refractivity contribution in [2.24, 2.45) is 0 Å². The molecule has 1 aromatic rings. The summed E-state index contributed by atoms with van der Waals surface area (Å²) in [5.74, 6) is -1.07. The SMILES string of the molecule is Cc1cccc[n+]1CC(=O)[O-].Cl. The predicted molar refractivity (Wildman–Crippen MR) is 43.6 cm³/mol. The molecule has 0 radical (unpaired) electrons. The number of carboxylic acid groups (broad SMARTS) is 1. The number of aromatic nitrogens is 1. The van der Waals surface area contributed by atoms with E-state index in [1.165, 1.54) is 0 Å². The molecule has 0 saturated heterocycles. The minimum Gasteiger partial charge on any atom is -0.544 e.